The minimum Gasteiger partial charge on any atom is -0.439 e. The highest BCUT2D eigenvalue weighted by atomic mass is 32.1. The summed E-state index contributed by atoms with van der Waals surface area (Å²) >= 11 is 1.13. The quantitative estimate of drug-likeness (QED) is 0.0322. The number of nitrogens with one attached hydrogen (secondary N) is 3. The van der Waals surface area contributed by atoms with Crippen LogP contribution in [0.4, 0.5) is 22.9 Å². The van der Waals surface area contributed by atoms with Crippen molar-refractivity contribution in [2.75, 3.05) is 42.5 Å². The second-order valence-electron chi connectivity index (χ2n) is 16.7. The number of likely N-dealkylation sites (N-methyl/N-ethyl adjacent to an activating group) is 3. The Labute approximate surface area is 526 Å². The third-order valence-electron chi connectivity index (χ3n) is 11.1. The van der Waals surface area contributed by atoms with Crippen molar-refractivity contribution in [3.63, 3.8) is 0 Å². The van der Waals surface area contributed by atoms with Gasteiger partial charge in [0.1, 0.15) is 63.1 Å². The third kappa shape index (κ3) is 21.0. The molecule has 0 aliphatic heterocycles. The first-order valence-electron chi connectivity index (χ1n) is 25.6. The van der Waals surface area contributed by atoms with Crippen LogP contribution in [0.1, 0.15) is 29.7 Å². The van der Waals surface area contributed by atoms with Crippen LogP contribution in [-0.4, -0.2) is 113 Å². The first-order valence-corrected chi connectivity index (χ1v) is 26.4. The number of aromatic nitrogens is 6. The van der Waals surface area contributed by atoms with Crippen LogP contribution < -0.4 is 44.4 Å². The van der Waals surface area contributed by atoms with Crippen LogP contribution in [0.5, 0.6) is 63.2 Å². The molecule has 0 saturated carbocycles. The Kier molecular flexibility index (Phi) is 30.7. The number of hydrogen-bond donors (Lipinski definition) is 3. The Morgan fingerprint density at radius 2 is 0.946 bits per heavy atom. The lowest BCUT2D eigenvalue weighted by molar-refractivity contribution is -0.115. The van der Waals surface area contributed by atoms with Gasteiger partial charge in [-0.05, 0) is 60.7 Å². The van der Waals surface area contributed by atoms with Crippen molar-refractivity contribution in [3.05, 3.63) is 199 Å². The monoisotopic (exact) mass is 1290 g/mol. The van der Waals surface area contributed by atoms with E-state index >= 15 is 0 Å². The third-order valence-corrected chi connectivity index (χ3v) is 11.7. The molecule has 3 N–H and O–H groups in total. The number of carbonyl (C=O) groups is 3. The van der Waals surface area contributed by atoms with E-state index < -0.39 is 18.4 Å². The Morgan fingerprint density at radius 1 is 0.511 bits per heavy atom. The van der Waals surface area contributed by atoms with Crippen molar-refractivity contribution in [1.82, 2.24) is 45.2 Å². The fourth-order valence-electron chi connectivity index (χ4n) is 7.24. The summed E-state index contributed by atoms with van der Waals surface area (Å²) in [6, 6.07) is 47.6. The molecule has 0 spiro atoms. The predicted molar refractivity (Wildman–Crippen MR) is 330 cm³/mol. The lowest BCUT2D eigenvalue weighted by Gasteiger charge is -2.12. The van der Waals surface area contributed by atoms with Crippen LogP contribution >= 0.6 is 11.5 Å². The maximum absolute atomic E-state index is 12.6. The highest BCUT2D eigenvalue weighted by molar-refractivity contribution is 7.07. The number of alkyl halides is 2. The van der Waals surface area contributed by atoms with Crippen molar-refractivity contribution >= 4 is 46.4 Å². The molecule has 31 heteroatoms. The van der Waals surface area contributed by atoms with Gasteiger partial charge in [0.15, 0.2) is 34.5 Å². The molecule has 0 radical (unpaired) electrons. The molecule has 25 nitrogen and oxygen atoms in total. The van der Waals surface area contributed by atoms with Crippen LogP contribution in [0.25, 0.3) is 11.4 Å². The highest BCUT2D eigenvalue weighted by Crippen LogP contribution is 2.34. The van der Waals surface area contributed by atoms with Crippen molar-refractivity contribution in [3.8, 4) is 80.7 Å². The molecule has 0 aliphatic carbocycles. The smallest absolute Gasteiger partial charge is 0.387 e. The zero-order valence-electron chi connectivity index (χ0n) is 48.6. The highest BCUT2D eigenvalue weighted by Gasteiger charge is 2.22. The summed E-state index contributed by atoms with van der Waals surface area (Å²) in [5.41, 5.74) is 2.84. The van der Waals surface area contributed by atoms with Gasteiger partial charge in [-0.2, -0.15) is 23.4 Å². The van der Waals surface area contributed by atoms with E-state index in [1.54, 1.807) is 103 Å². The molecule has 0 bridgehead atoms. The second-order valence-corrected chi connectivity index (χ2v) is 17.4. The fraction of sp³-hybridized carbons (Fsp3) is 0.131. The van der Waals surface area contributed by atoms with E-state index in [-0.39, 0.29) is 79.6 Å². The fourth-order valence-corrected chi connectivity index (χ4v) is 7.81. The van der Waals surface area contributed by atoms with Gasteiger partial charge < -0.3 is 58.9 Å². The molecular formula is C61H58F5N13O12S. The molecule has 0 unspecified atom stereocenters. The van der Waals surface area contributed by atoms with E-state index in [4.69, 9.17) is 38.2 Å². The van der Waals surface area contributed by atoms with Gasteiger partial charge in [-0.25, -0.2) is 19.9 Å². The molecule has 92 heavy (non-hydrogen) atoms. The van der Waals surface area contributed by atoms with Gasteiger partial charge in [0.25, 0.3) is 22.9 Å². The van der Waals surface area contributed by atoms with Crippen LogP contribution in [0.15, 0.2) is 192 Å². The number of nitrogens with zero attached hydrogens (tertiary/aromatic N) is 10. The van der Waals surface area contributed by atoms with Crippen molar-refractivity contribution in [2.45, 2.75) is 14.0 Å². The molecular weight excluding hydrogens is 1230 g/mol. The van der Waals surface area contributed by atoms with Gasteiger partial charge in [0, 0.05) is 43.8 Å². The largest absolute Gasteiger partial charge is 0.439 e. The number of amides is 3. The van der Waals surface area contributed by atoms with Crippen molar-refractivity contribution < 1.29 is 80.2 Å². The number of rotatable bonds is 22. The lowest BCUT2D eigenvalue weighted by Crippen LogP contribution is -2.28. The summed E-state index contributed by atoms with van der Waals surface area (Å²) < 4.78 is 62.6. The summed E-state index contributed by atoms with van der Waals surface area (Å²) in [4.78, 5) is 71.1. The normalized spacial score (nSPS) is 10.5. The summed E-state index contributed by atoms with van der Waals surface area (Å²) in [6.45, 7) is -3.00. The molecule has 9 rings (SSSR count). The lowest BCUT2D eigenvalue weighted by atomic mass is 10.1. The van der Waals surface area contributed by atoms with E-state index in [1.165, 1.54) is 85.5 Å². The number of nitriles is 1. The molecule has 9 aromatic rings. The average Bonchev–Trinajstić information content (AvgIpc) is 2.12. The number of oxime groups is 3. The Balaban J connectivity index is 0.000000354. The first-order chi connectivity index (χ1) is 42.9. The molecule has 480 valence electrons. The average molecular weight is 1290 g/mol. The van der Waals surface area contributed by atoms with Gasteiger partial charge in [0.2, 0.25) is 23.5 Å². The second kappa shape index (κ2) is 38.2. The van der Waals surface area contributed by atoms with Crippen LogP contribution in [0.3, 0.4) is 0 Å². The number of para-hydroxylation sites is 5. The minimum absolute atomic E-state index is 0. The molecule has 6 aromatic carbocycles. The molecule has 0 aliphatic rings. The maximum Gasteiger partial charge on any atom is 0.387 e. The maximum atomic E-state index is 12.6. The van der Waals surface area contributed by atoms with Crippen molar-refractivity contribution in [1.29, 1.82) is 5.26 Å². The molecule has 0 saturated heterocycles. The predicted octanol–water partition coefficient (Wildman–Crippen LogP) is 11.0. The number of halogens is 5. The summed E-state index contributed by atoms with van der Waals surface area (Å²) in [5.74, 6) is 1.23. The molecule has 0 fully saturated rings. The van der Waals surface area contributed by atoms with Gasteiger partial charge in [0.05, 0.1) is 28.8 Å². The first kappa shape index (κ1) is 74.1. The van der Waals surface area contributed by atoms with Gasteiger partial charge >= 0.3 is 6.61 Å². The molecule has 3 amide bonds. The van der Waals surface area contributed by atoms with Crippen LogP contribution in [0, 0.1) is 11.3 Å². The number of hydrogen-bond acceptors (Lipinski definition) is 23. The van der Waals surface area contributed by atoms with E-state index in [9.17, 15) is 28.4 Å². The number of ether oxygens (including phenoxy) is 6. The van der Waals surface area contributed by atoms with Gasteiger partial charge in [-0.1, -0.05) is 114 Å². The standard InChI is InChI=1S/C21H18F2N4O5.C21H17N5O4.C18H16N4O3S.CH4.3FH/c1-24-20(28)19(27-29-2)13-6-5-7-14(10-13)30-17-11-18(26-12-25-17)31-15-8-3-4-9-16(15)32-21(22)23;1-23-21(27)20(26-28-2)15-8-4-6-10-17(15)30-19-11-18(24-13-25-19)29-16-9-5-3-7-14(16)12-22;1-19-17(23)15(21-24-2)13-10-6-7-11-14(13)25-18-20-16(22-26-18)12-8-4-3-5-9-12;;;;/h3-12,21H,1-2H3,(H,24,28);3-11,13H,1-2H3,(H,23,27);3-11H,1-2H3,(H,19,23);1H4;3*1H/b27-19+;26-20+;21-15+;;;;. The van der Waals surface area contributed by atoms with E-state index in [0.29, 0.717) is 56.3 Å². The molecule has 3 aromatic heterocycles. The summed E-state index contributed by atoms with van der Waals surface area (Å²) in [6.07, 6.45) is 2.46. The summed E-state index contributed by atoms with van der Waals surface area (Å²) in [7, 11) is 8.54. The van der Waals surface area contributed by atoms with Gasteiger partial charge in [-0.3, -0.25) is 28.5 Å². The molecule has 3 heterocycles. The number of carbonyl (C=O) groups excluding carboxylic acids is 3. The SMILES string of the molecule is C.CNC(=O)/C(=N/OC)c1cccc(Oc2cc(Oc3ccccc3OC(F)F)ncn2)c1.CNC(=O)/C(=N/OC)c1ccccc1Oc1cc(Oc2ccccc2C#N)ncn1.CNC(=O)/C(=N/OC)c1ccccc1Oc1nc(-c2ccccc2)ns1.F.F.F. The Hall–Kier alpha value is -12.2. The Bertz CT molecular complexity index is 3980. The minimum atomic E-state index is -3.00. The zero-order valence-corrected chi connectivity index (χ0v) is 49.4. The van der Waals surface area contributed by atoms with E-state index in [1.807, 2.05) is 30.3 Å². The van der Waals surface area contributed by atoms with E-state index in [2.05, 4.69) is 71.5 Å². The number of benzene rings is 6. The van der Waals surface area contributed by atoms with Gasteiger partial charge in [-0.15, -0.1) is 0 Å². The zero-order chi connectivity index (χ0) is 62.6. The van der Waals surface area contributed by atoms with Crippen molar-refractivity contribution in [2.24, 2.45) is 15.5 Å². The summed E-state index contributed by atoms with van der Waals surface area (Å²) in [5, 5.41) is 28.4. The topological polar surface area (TPSA) is 309 Å². The van der Waals surface area contributed by atoms with Crippen LogP contribution in [-0.2, 0) is 28.9 Å². The van der Waals surface area contributed by atoms with E-state index in [0.717, 1.165) is 17.1 Å². The molecule has 0 atom stereocenters. The van der Waals surface area contributed by atoms with Crippen LogP contribution in [0.2, 0.25) is 0 Å². The Morgan fingerprint density at radius 3 is 1.47 bits per heavy atom.